The molecule has 7 nitrogen and oxygen atoms in total. The SMILES string of the molecule is C=CCn1c(SCc2ccc(OC)c(OC)c2)nnc(Nc2cc(Cl)ccc2Cl)c1=O. The van der Waals surface area contributed by atoms with Crippen LogP contribution < -0.4 is 20.3 Å². The number of nitrogens with zero attached hydrogens (tertiary/aromatic N) is 3. The van der Waals surface area contributed by atoms with Crippen molar-refractivity contribution in [1.82, 2.24) is 14.8 Å². The van der Waals surface area contributed by atoms with Crippen LogP contribution in [-0.2, 0) is 12.3 Å². The van der Waals surface area contributed by atoms with E-state index in [0.29, 0.717) is 38.1 Å². The molecule has 0 amide bonds. The second-order valence-electron chi connectivity index (χ2n) is 6.26. The molecule has 2 aromatic carbocycles. The fraction of sp³-hybridized carbons (Fsp3) is 0.190. The molecular formula is C21H20Cl2N4O3S. The first-order chi connectivity index (χ1) is 15.0. The van der Waals surface area contributed by atoms with E-state index in [9.17, 15) is 4.79 Å². The fourth-order valence-corrected chi connectivity index (χ4v) is 3.94. The molecule has 1 aromatic heterocycles. The molecule has 162 valence electrons. The third kappa shape index (κ3) is 5.52. The summed E-state index contributed by atoms with van der Waals surface area (Å²) in [5, 5.41) is 12.6. The highest BCUT2D eigenvalue weighted by atomic mass is 35.5. The molecule has 0 aliphatic carbocycles. The van der Waals surface area contributed by atoms with Crippen LogP contribution in [0.3, 0.4) is 0 Å². The molecule has 0 aliphatic rings. The Labute approximate surface area is 194 Å². The first-order valence-electron chi connectivity index (χ1n) is 9.11. The Morgan fingerprint density at radius 2 is 1.90 bits per heavy atom. The van der Waals surface area contributed by atoms with Gasteiger partial charge in [0, 0.05) is 17.3 Å². The first kappa shape index (κ1) is 23.0. The van der Waals surface area contributed by atoms with Gasteiger partial charge in [-0.15, -0.1) is 16.8 Å². The number of rotatable bonds is 9. The van der Waals surface area contributed by atoms with Crippen LogP contribution in [-0.4, -0.2) is 29.0 Å². The predicted octanol–water partition coefficient (Wildman–Crippen LogP) is 5.18. The van der Waals surface area contributed by atoms with Crippen LogP contribution >= 0.6 is 35.0 Å². The first-order valence-corrected chi connectivity index (χ1v) is 10.8. The molecule has 1 heterocycles. The van der Waals surface area contributed by atoms with E-state index in [4.69, 9.17) is 32.7 Å². The lowest BCUT2D eigenvalue weighted by atomic mass is 10.2. The van der Waals surface area contributed by atoms with Crippen molar-refractivity contribution in [2.75, 3.05) is 19.5 Å². The number of halogens is 2. The highest BCUT2D eigenvalue weighted by Crippen LogP contribution is 2.31. The maximum atomic E-state index is 13.0. The highest BCUT2D eigenvalue weighted by Gasteiger charge is 2.14. The lowest BCUT2D eigenvalue weighted by molar-refractivity contribution is 0.354. The fourth-order valence-electron chi connectivity index (χ4n) is 2.72. The second kappa shape index (κ2) is 10.6. The quantitative estimate of drug-likeness (QED) is 0.335. The summed E-state index contributed by atoms with van der Waals surface area (Å²) < 4.78 is 12.1. The summed E-state index contributed by atoms with van der Waals surface area (Å²) in [4.78, 5) is 13.0. The molecule has 0 radical (unpaired) electrons. The number of ether oxygens (including phenoxy) is 2. The number of methoxy groups -OCH3 is 2. The number of anilines is 2. The van der Waals surface area contributed by atoms with Gasteiger partial charge in [0.1, 0.15) is 0 Å². The van der Waals surface area contributed by atoms with Crippen molar-refractivity contribution in [2.24, 2.45) is 0 Å². The smallest absolute Gasteiger partial charge is 0.297 e. The van der Waals surface area contributed by atoms with Crippen LogP contribution in [0.4, 0.5) is 11.5 Å². The second-order valence-corrected chi connectivity index (χ2v) is 8.05. The number of thioether (sulfide) groups is 1. The zero-order valence-corrected chi connectivity index (χ0v) is 19.2. The summed E-state index contributed by atoms with van der Waals surface area (Å²) in [7, 11) is 3.17. The molecule has 3 rings (SSSR count). The van der Waals surface area contributed by atoms with Gasteiger partial charge in [-0.2, -0.15) is 0 Å². The standard InChI is InChI=1S/C21H20Cl2N4O3S/c1-4-9-27-20(28)19(24-16-11-14(22)6-7-15(16)23)25-26-21(27)31-12-13-5-8-17(29-2)18(10-13)30-3/h4-8,10-11H,1,9,12H2,2-3H3,(H,24,25). The van der Waals surface area contributed by atoms with Crippen molar-refractivity contribution in [3.05, 3.63) is 75.0 Å². The van der Waals surface area contributed by atoms with Crippen LogP contribution in [0.5, 0.6) is 11.5 Å². The molecule has 0 fully saturated rings. The molecule has 0 atom stereocenters. The van der Waals surface area contributed by atoms with E-state index < -0.39 is 0 Å². The Hall–Kier alpha value is -2.68. The van der Waals surface area contributed by atoms with Crippen molar-refractivity contribution in [3.63, 3.8) is 0 Å². The summed E-state index contributed by atoms with van der Waals surface area (Å²) in [6.07, 6.45) is 1.62. The van der Waals surface area contributed by atoms with Gasteiger partial charge in [0.05, 0.1) is 24.9 Å². The van der Waals surface area contributed by atoms with Crippen LogP contribution in [0.15, 0.2) is 59.0 Å². The van der Waals surface area contributed by atoms with Gasteiger partial charge in [-0.05, 0) is 35.9 Å². The van der Waals surface area contributed by atoms with Crippen molar-refractivity contribution in [2.45, 2.75) is 17.5 Å². The lowest BCUT2D eigenvalue weighted by Crippen LogP contribution is -2.26. The van der Waals surface area contributed by atoms with E-state index in [0.717, 1.165) is 5.56 Å². The van der Waals surface area contributed by atoms with E-state index in [1.807, 2.05) is 18.2 Å². The summed E-state index contributed by atoms with van der Waals surface area (Å²) in [6, 6.07) is 10.5. The Morgan fingerprint density at radius 1 is 1.13 bits per heavy atom. The Kier molecular flexibility index (Phi) is 7.84. The predicted molar refractivity (Wildman–Crippen MR) is 125 cm³/mol. The van der Waals surface area contributed by atoms with E-state index in [2.05, 4.69) is 22.1 Å². The molecular weight excluding hydrogens is 459 g/mol. The van der Waals surface area contributed by atoms with E-state index in [1.165, 1.54) is 16.3 Å². The zero-order chi connectivity index (χ0) is 22.4. The van der Waals surface area contributed by atoms with E-state index >= 15 is 0 Å². The lowest BCUT2D eigenvalue weighted by Gasteiger charge is -2.13. The van der Waals surface area contributed by atoms with Gasteiger partial charge in [0.25, 0.3) is 5.56 Å². The Morgan fingerprint density at radius 3 is 2.61 bits per heavy atom. The average Bonchev–Trinajstić information content (AvgIpc) is 2.78. The van der Waals surface area contributed by atoms with Gasteiger partial charge >= 0.3 is 0 Å². The van der Waals surface area contributed by atoms with Crippen LogP contribution in [0.2, 0.25) is 10.0 Å². The van der Waals surface area contributed by atoms with Gasteiger partial charge in [-0.1, -0.05) is 47.1 Å². The van der Waals surface area contributed by atoms with Gasteiger partial charge in [-0.25, -0.2) is 0 Å². The van der Waals surface area contributed by atoms with Crippen molar-refractivity contribution in [1.29, 1.82) is 0 Å². The Bertz CT molecular complexity index is 1150. The minimum Gasteiger partial charge on any atom is -0.493 e. The molecule has 0 spiro atoms. The number of hydrogen-bond donors (Lipinski definition) is 1. The summed E-state index contributed by atoms with van der Waals surface area (Å²) in [5.41, 5.74) is 1.10. The topological polar surface area (TPSA) is 78.3 Å². The number of nitrogens with one attached hydrogen (secondary N) is 1. The van der Waals surface area contributed by atoms with E-state index in [-0.39, 0.29) is 17.9 Å². The van der Waals surface area contributed by atoms with Crippen LogP contribution in [0, 0.1) is 0 Å². The van der Waals surface area contributed by atoms with Gasteiger partial charge < -0.3 is 14.8 Å². The summed E-state index contributed by atoms with van der Waals surface area (Å²) in [6.45, 7) is 4.01. The number of allylic oxidation sites excluding steroid dienone is 1. The summed E-state index contributed by atoms with van der Waals surface area (Å²) >= 11 is 13.6. The third-order valence-electron chi connectivity index (χ3n) is 4.22. The number of benzene rings is 2. The molecule has 10 heteroatoms. The van der Waals surface area contributed by atoms with Gasteiger partial charge in [0.2, 0.25) is 5.82 Å². The van der Waals surface area contributed by atoms with Crippen molar-refractivity contribution >= 4 is 46.5 Å². The van der Waals surface area contributed by atoms with Crippen LogP contribution in [0.25, 0.3) is 0 Å². The molecule has 3 aromatic rings. The monoisotopic (exact) mass is 478 g/mol. The molecule has 31 heavy (non-hydrogen) atoms. The number of aromatic nitrogens is 3. The van der Waals surface area contributed by atoms with E-state index in [1.54, 1.807) is 38.5 Å². The molecule has 0 saturated heterocycles. The molecule has 0 unspecified atom stereocenters. The van der Waals surface area contributed by atoms with Gasteiger partial charge in [0.15, 0.2) is 16.7 Å². The molecule has 1 N–H and O–H groups in total. The maximum Gasteiger partial charge on any atom is 0.297 e. The molecule has 0 saturated carbocycles. The molecule has 0 aliphatic heterocycles. The third-order valence-corrected chi connectivity index (χ3v) is 5.83. The summed E-state index contributed by atoms with van der Waals surface area (Å²) in [5.74, 6) is 1.88. The maximum absolute atomic E-state index is 13.0. The van der Waals surface area contributed by atoms with Crippen LogP contribution in [0.1, 0.15) is 5.56 Å². The largest absolute Gasteiger partial charge is 0.493 e. The average molecular weight is 479 g/mol. The highest BCUT2D eigenvalue weighted by molar-refractivity contribution is 7.98. The minimum atomic E-state index is -0.347. The minimum absolute atomic E-state index is 0.0430. The van der Waals surface area contributed by atoms with Gasteiger partial charge in [-0.3, -0.25) is 9.36 Å². The van der Waals surface area contributed by atoms with Crippen molar-refractivity contribution < 1.29 is 9.47 Å². The molecule has 0 bridgehead atoms. The normalized spacial score (nSPS) is 10.6. The Balaban J connectivity index is 1.86. The number of hydrogen-bond acceptors (Lipinski definition) is 7. The van der Waals surface area contributed by atoms with Crippen molar-refractivity contribution in [3.8, 4) is 11.5 Å². The zero-order valence-electron chi connectivity index (χ0n) is 16.9.